The third-order valence-electron chi connectivity index (χ3n) is 2.96. The summed E-state index contributed by atoms with van der Waals surface area (Å²) >= 11 is 0. The van der Waals surface area contributed by atoms with Gasteiger partial charge in [-0.1, -0.05) is 24.3 Å². The minimum atomic E-state index is -0.255. The molecule has 19 heavy (non-hydrogen) atoms. The smallest absolute Gasteiger partial charge is 0.320 e. The van der Waals surface area contributed by atoms with E-state index in [2.05, 4.69) is 15.7 Å². The molecule has 2 rings (SSSR count). The molecule has 0 saturated carbocycles. The summed E-state index contributed by atoms with van der Waals surface area (Å²) in [5, 5.41) is 9.69. The second-order valence-electron chi connectivity index (χ2n) is 4.55. The second-order valence-corrected chi connectivity index (χ2v) is 4.55. The lowest BCUT2D eigenvalue weighted by molar-refractivity contribution is 0.249. The van der Waals surface area contributed by atoms with Crippen molar-refractivity contribution in [3.8, 4) is 0 Å². The van der Waals surface area contributed by atoms with Crippen LogP contribution in [0.2, 0.25) is 0 Å². The standard InChI is InChI=1S/C14H18N4O/c1-10-6-4-5-7-12(10)11(2)15-14(19)16-13-8-9-18(3)17-13/h4-9,11H,1-3H3,(H2,15,16,17,19). The molecule has 2 aromatic rings. The number of aryl methyl sites for hydroxylation is 2. The number of rotatable bonds is 3. The van der Waals surface area contributed by atoms with Crippen molar-refractivity contribution >= 4 is 11.8 Å². The van der Waals surface area contributed by atoms with Crippen LogP contribution in [-0.4, -0.2) is 15.8 Å². The highest BCUT2D eigenvalue weighted by molar-refractivity contribution is 5.88. The lowest BCUT2D eigenvalue weighted by Gasteiger charge is -2.16. The molecule has 1 unspecified atom stereocenters. The number of carbonyl (C=O) groups is 1. The molecule has 0 aliphatic rings. The van der Waals surface area contributed by atoms with Crippen molar-refractivity contribution in [2.45, 2.75) is 19.9 Å². The summed E-state index contributed by atoms with van der Waals surface area (Å²) in [5.41, 5.74) is 2.27. The van der Waals surface area contributed by atoms with E-state index in [-0.39, 0.29) is 12.1 Å². The molecule has 5 heteroatoms. The molecule has 0 aliphatic carbocycles. The highest BCUT2D eigenvalue weighted by Crippen LogP contribution is 2.16. The zero-order valence-electron chi connectivity index (χ0n) is 11.3. The van der Waals surface area contributed by atoms with Crippen molar-refractivity contribution in [2.24, 2.45) is 7.05 Å². The summed E-state index contributed by atoms with van der Waals surface area (Å²) in [6.07, 6.45) is 1.78. The fourth-order valence-corrected chi connectivity index (χ4v) is 1.98. The Balaban J connectivity index is 1.97. The molecular weight excluding hydrogens is 240 g/mol. The van der Waals surface area contributed by atoms with Crippen LogP contribution in [0.25, 0.3) is 0 Å². The molecule has 100 valence electrons. The summed E-state index contributed by atoms with van der Waals surface area (Å²) in [6.45, 7) is 3.99. The average molecular weight is 258 g/mol. The number of hydrogen-bond acceptors (Lipinski definition) is 2. The summed E-state index contributed by atoms with van der Waals surface area (Å²) in [7, 11) is 1.80. The van der Waals surface area contributed by atoms with Crippen molar-refractivity contribution in [2.75, 3.05) is 5.32 Å². The Morgan fingerprint density at radius 1 is 1.32 bits per heavy atom. The van der Waals surface area contributed by atoms with Crippen LogP contribution >= 0.6 is 0 Å². The molecule has 2 N–H and O–H groups in total. The maximum atomic E-state index is 11.8. The summed E-state index contributed by atoms with van der Waals surface area (Å²) in [6, 6.07) is 9.44. The maximum Gasteiger partial charge on any atom is 0.320 e. The third kappa shape index (κ3) is 3.34. The fourth-order valence-electron chi connectivity index (χ4n) is 1.98. The monoisotopic (exact) mass is 258 g/mol. The van der Waals surface area contributed by atoms with Gasteiger partial charge in [0.15, 0.2) is 5.82 Å². The molecule has 1 aromatic carbocycles. The van der Waals surface area contributed by atoms with Gasteiger partial charge in [-0.25, -0.2) is 4.79 Å². The molecule has 1 atom stereocenters. The number of carbonyl (C=O) groups excluding carboxylic acids is 1. The van der Waals surface area contributed by atoms with E-state index in [0.717, 1.165) is 11.1 Å². The Kier molecular flexibility index (Phi) is 3.85. The van der Waals surface area contributed by atoms with Crippen molar-refractivity contribution < 1.29 is 4.79 Å². The highest BCUT2D eigenvalue weighted by Gasteiger charge is 2.11. The normalized spacial score (nSPS) is 11.9. The minimum Gasteiger partial charge on any atom is -0.331 e. The van der Waals surface area contributed by atoms with Gasteiger partial charge in [0.25, 0.3) is 0 Å². The molecule has 1 heterocycles. The SMILES string of the molecule is Cc1ccccc1C(C)NC(=O)Nc1ccn(C)n1. The number of aromatic nitrogens is 2. The van der Waals surface area contributed by atoms with Crippen LogP contribution in [0.4, 0.5) is 10.6 Å². The van der Waals surface area contributed by atoms with Crippen LogP contribution in [0.15, 0.2) is 36.5 Å². The van der Waals surface area contributed by atoms with Crippen LogP contribution in [-0.2, 0) is 7.05 Å². The Morgan fingerprint density at radius 3 is 2.68 bits per heavy atom. The van der Waals surface area contributed by atoms with Crippen LogP contribution in [0.5, 0.6) is 0 Å². The molecule has 1 aromatic heterocycles. The first-order valence-corrected chi connectivity index (χ1v) is 6.19. The Morgan fingerprint density at radius 2 is 2.05 bits per heavy atom. The zero-order chi connectivity index (χ0) is 13.8. The Labute approximate surface area is 112 Å². The number of benzene rings is 1. The van der Waals surface area contributed by atoms with Gasteiger partial charge in [0.2, 0.25) is 0 Å². The lowest BCUT2D eigenvalue weighted by Crippen LogP contribution is -2.31. The van der Waals surface area contributed by atoms with Gasteiger partial charge in [0, 0.05) is 19.3 Å². The van der Waals surface area contributed by atoms with Gasteiger partial charge >= 0.3 is 6.03 Å². The van der Waals surface area contributed by atoms with Crippen molar-refractivity contribution in [3.05, 3.63) is 47.7 Å². The number of anilines is 1. The van der Waals surface area contributed by atoms with E-state index in [9.17, 15) is 4.79 Å². The van der Waals surface area contributed by atoms with E-state index in [0.29, 0.717) is 5.82 Å². The lowest BCUT2D eigenvalue weighted by atomic mass is 10.0. The first kappa shape index (κ1) is 13.1. The van der Waals surface area contributed by atoms with Crippen LogP contribution < -0.4 is 10.6 Å². The van der Waals surface area contributed by atoms with Gasteiger partial charge in [0.05, 0.1) is 6.04 Å². The van der Waals surface area contributed by atoms with Crippen LogP contribution in [0.1, 0.15) is 24.1 Å². The largest absolute Gasteiger partial charge is 0.331 e. The van der Waals surface area contributed by atoms with Gasteiger partial charge in [-0.3, -0.25) is 10.00 Å². The van der Waals surface area contributed by atoms with E-state index >= 15 is 0 Å². The minimum absolute atomic E-state index is 0.0510. The van der Waals surface area contributed by atoms with E-state index in [1.165, 1.54) is 0 Å². The van der Waals surface area contributed by atoms with Gasteiger partial charge in [-0.05, 0) is 25.0 Å². The van der Waals surface area contributed by atoms with Gasteiger partial charge in [0.1, 0.15) is 0 Å². The predicted octanol–water partition coefficient (Wildman–Crippen LogP) is 2.61. The number of nitrogens with one attached hydrogen (secondary N) is 2. The first-order chi connectivity index (χ1) is 9.06. The Hall–Kier alpha value is -2.30. The maximum absolute atomic E-state index is 11.8. The molecule has 2 amide bonds. The molecule has 0 aliphatic heterocycles. The van der Waals surface area contributed by atoms with E-state index in [1.807, 2.05) is 38.1 Å². The molecule has 0 fully saturated rings. The molecule has 0 radical (unpaired) electrons. The second kappa shape index (κ2) is 5.56. The number of amides is 2. The fraction of sp³-hybridized carbons (Fsp3) is 0.286. The number of nitrogens with zero attached hydrogens (tertiary/aromatic N) is 2. The molecule has 0 bridgehead atoms. The molecule has 0 saturated heterocycles. The van der Waals surface area contributed by atoms with Gasteiger partial charge in [-0.15, -0.1) is 0 Å². The van der Waals surface area contributed by atoms with E-state index < -0.39 is 0 Å². The van der Waals surface area contributed by atoms with Crippen molar-refractivity contribution in [3.63, 3.8) is 0 Å². The summed E-state index contributed by atoms with van der Waals surface area (Å²) in [5.74, 6) is 0.539. The van der Waals surface area contributed by atoms with Crippen molar-refractivity contribution in [1.29, 1.82) is 0 Å². The quantitative estimate of drug-likeness (QED) is 0.889. The zero-order valence-corrected chi connectivity index (χ0v) is 11.3. The topological polar surface area (TPSA) is 59.0 Å². The van der Waals surface area contributed by atoms with E-state index in [1.54, 1.807) is 24.0 Å². The predicted molar refractivity (Wildman–Crippen MR) is 75.0 cm³/mol. The molecule has 0 spiro atoms. The molecule has 5 nitrogen and oxygen atoms in total. The highest BCUT2D eigenvalue weighted by atomic mass is 16.2. The summed E-state index contributed by atoms with van der Waals surface area (Å²) in [4.78, 5) is 11.8. The van der Waals surface area contributed by atoms with Gasteiger partial charge in [-0.2, -0.15) is 5.10 Å². The summed E-state index contributed by atoms with van der Waals surface area (Å²) < 4.78 is 1.64. The number of hydrogen-bond donors (Lipinski definition) is 2. The Bertz CT molecular complexity index is 576. The third-order valence-corrected chi connectivity index (χ3v) is 2.96. The van der Waals surface area contributed by atoms with E-state index in [4.69, 9.17) is 0 Å². The number of urea groups is 1. The van der Waals surface area contributed by atoms with Crippen LogP contribution in [0, 0.1) is 6.92 Å². The molecular formula is C14H18N4O. The average Bonchev–Trinajstić information content (AvgIpc) is 2.74. The van der Waals surface area contributed by atoms with Gasteiger partial charge < -0.3 is 5.32 Å². The first-order valence-electron chi connectivity index (χ1n) is 6.19. The van der Waals surface area contributed by atoms with Crippen molar-refractivity contribution in [1.82, 2.24) is 15.1 Å². The van der Waals surface area contributed by atoms with Crippen LogP contribution in [0.3, 0.4) is 0 Å².